The highest BCUT2D eigenvalue weighted by molar-refractivity contribution is 5.50. The summed E-state index contributed by atoms with van der Waals surface area (Å²) < 4.78 is 0. The highest BCUT2D eigenvalue weighted by Gasteiger charge is 1.93. The van der Waals surface area contributed by atoms with Gasteiger partial charge in [-0.15, -0.1) is 0 Å². The standard InChI is InChI=1S/C12H13N3O2/c1-2-4-11(5-3-10-15(16)17)14-12-6-8-13-9-7-12/h2-10H,1H3,(H,13,14)/b4-2-,10-3+,11-5+. The zero-order chi connectivity index (χ0) is 12.5. The van der Waals surface area contributed by atoms with E-state index in [1.807, 2.05) is 31.2 Å². The smallest absolute Gasteiger partial charge is 0.234 e. The number of pyridine rings is 1. The summed E-state index contributed by atoms with van der Waals surface area (Å²) in [5, 5.41) is 13.3. The molecule has 0 bridgehead atoms. The summed E-state index contributed by atoms with van der Waals surface area (Å²) >= 11 is 0. The minimum atomic E-state index is -0.504. The van der Waals surface area contributed by atoms with Gasteiger partial charge in [0.05, 0.1) is 4.92 Å². The lowest BCUT2D eigenvalue weighted by atomic mass is 10.3. The van der Waals surface area contributed by atoms with Gasteiger partial charge in [0.25, 0.3) is 0 Å². The number of aromatic nitrogens is 1. The molecule has 0 spiro atoms. The van der Waals surface area contributed by atoms with E-state index in [0.717, 1.165) is 17.6 Å². The van der Waals surface area contributed by atoms with Crippen LogP contribution in [0.15, 0.2) is 60.7 Å². The molecule has 5 heteroatoms. The Labute approximate surface area is 99.3 Å². The average molecular weight is 231 g/mol. The number of hydrogen-bond acceptors (Lipinski definition) is 4. The second-order valence-electron chi connectivity index (χ2n) is 3.11. The molecular formula is C12H13N3O2. The fourth-order valence-corrected chi connectivity index (χ4v) is 1.14. The van der Waals surface area contributed by atoms with Crippen LogP contribution in [-0.4, -0.2) is 9.91 Å². The van der Waals surface area contributed by atoms with Crippen molar-refractivity contribution in [1.29, 1.82) is 0 Å². The molecule has 88 valence electrons. The van der Waals surface area contributed by atoms with Crippen LogP contribution in [0.2, 0.25) is 0 Å². The number of nitrogens with one attached hydrogen (secondary N) is 1. The molecule has 0 saturated heterocycles. The number of hydrogen-bond donors (Lipinski definition) is 1. The van der Waals surface area contributed by atoms with Crippen molar-refractivity contribution in [2.45, 2.75) is 6.92 Å². The first kappa shape index (κ1) is 12.6. The Bertz CT molecular complexity index is 450. The van der Waals surface area contributed by atoms with E-state index in [2.05, 4.69) is 10.3 Å². The number of nitro groups is 1. The topological polar surface area (TPSA) is 68.1 Å². The molecule has 0 aliphatic heterocycles. The van der Waals surface area contributed by atoms with Crippen LogP contribution < -0.4 is 5.32 Å². The van der Waals surface area contributed by atoms with Crippen molar-refractivity contribution in [1.82, 2.24) is 4.98 Å². The molecule has 0 atom stereocenters. The van der Waals surface area contributed by atoms with Crippen molar-refractivity contribution in [2.24, 2.45) is 0 Å². The van der Waals surface area contributed by atoms with Gasteiger partial charge in [-0.05, 0) is 31.2 Å². The Morgan fingerprint density at radius 2 is 2.18 bits per heavy atom. The fourth-order valence-electron chi connectivity index (χ4n) is 1.14. The Morgan fingerprint density at radius 3 is 2.76 bits per heavy atom. The van der Waals surface area contributed by atoms with Gasteiger partial charge in [-0.25, -0.2) is 0 Å². The molecule has 0 radical (unpaired) electrons. The third kappa shape index (κ3) is 5.27. The van der Waals surface area contributed by atoms with E-state index < -0.39 is 4.92 Å². The average Bonchev–Trinajstić information content (AvgIpc) is 2.30. The summed E-state index contributed by atoms with van der Waals surface area (Å²) in [5.74, 6) is 0. The maximum Gasteiger partial charge on any atom is 0.234 e. The quantitative estimate of drug-likeness (QED) is 0.480. The third-order valence-electron chi connectivity index (χ3n) is 1.80. The van der Waals surface area contributed by atoms with E-state index in [4.69, 9.17) is 0 Å². The van der Waals surface area contributed by atoms with Crippen LogP contribution in [0.1, 0.15) is 6.92 Å². The predicted octanol–water partition coefficient (Wildman–Crippen LogP) is 2.74. The zero-order valence-electron chi connectivity index (χ0n) is 9.41. The van der Waals surface area contributed by atoms with Crippen molar-refractivity contribution in [3.05, 3.63) is 70.8 Å². The van der Waals surface area contributed by atoms with Crippen molar-refractivity contribution in [2.75, 3.05) is 5.32 Å². The lowest BCUT2D eigenvalue weighted by Crippen LogP contribution is -1.96. The number of anilines is 1. The van der Waals surface area contributed by atoms with Crippen molar-refractivity contribution in [3.63, 3.8) is 0 Å². The molecule has 0 aliphatic carbocycles. The van der Waals surface area contributed by atoms with Crippen molar-refractivity contribution in [3.8, 4) is 0 Å². The van der Waals surface area contributed by atoms with Crippen LogP contribution in [0, 0.1) is 10.1 Å². The van der Waals surface area contributed by atoms with Crippen LogP contribution in [0.3, 0.4) is 0 Å². The normalized spacial score (nSPS) is 12.2. The highest BCUT2D eigenvalue weighted by atomic mass is 16.6. The Morgan fingerprint density at radius 1 is 1.47 bits per heavy atom. The molecule has 0 aromatic carbocycles. The van der Waals surface area contributed by atoms with Gasteiger partial charge >= 0.3 is 0 Å². The summed E-state index contributed by atoms with van der Waals surface area (Å²) in [6.07, 6.45) is 10.9. The van der Waals surface area contributed by atoms with Gasteiger partial charge in [0.1, 0.15) is 0 Å². The monoisotopic (exact) mass is 231 g/mol. The van der Waals surface area contributed by atoms with Gasteiger partial charge in [0.2, 0.25) is 6.20 Å². The van der Waals surface area contributed by atoms with Crippen LogP contribution >= 0.6 is 0 Å². The second-order valence-corrected chi connectivity index (χ2v) is 3.11. The first-order valence-electron chi connectivity index (χ1n) is 5.04. The number of allylic oxidation sites excluding steroid dienone is 4. The van der Waals surface area contributed by atoms with Gasteiger partial charge in [0.15, 0.2) is 0 Å². The molecule has 0 amide bonds. The van der Waals surface area contributed by atoms with Crippen LogP contribution in [0.25, 0.3) is 0 Å². The van der Waals surface area contributed by atoms with E-state index in [1.165, 1.54) is 6.08 Å². The fraction of sp³-hybridized carbons (Fsp3) is 0.0833. The summed E-state index contributed by atoms with van der Waals surface area (Å²) in [6.45, 7) is 1.87. The molecule has 0 saturated carbocycles. The molecule has 0 unspecified atom stereocenters. The van der Waals surface area contributed by atoms with Gasteiger partial charge in [-0.2, -0.15) is 0 Å². The van der Waals surface area contributed by atoms with E-state index in [0.29, 0.717) is 0 Å². The SMILES string of the molecule is C\C=C/C(=C\C=C\[N+](=O)[O-])Nc1ccncc1. The van der Waals surface area contributed by atoms with Gasteiger partial charge < -0.3 is 5.32 Å². The summed E-state index contributed by atoms with van der Waals surface area (Å²) in [5.41, 5.74) is 1.63. The maximum absolute atomic E-state index is 10.1. The molecule has 0 fully saturated rings. The van der Waals surface area contributed by atoms with E-state index in [1.54, 1.807) is 18.5 Å². The van der Waals surface area contributed by atoms with Gasteiger partial charge in [0, 0.05) is 29.9 Å². The van der Waals surface area contributed by atoms with Crippen LogP contribution in [-0.2, 0) is 0 Å². The Kier molecular flexibility index (Phi) is 5.16. The molecule has 1 aromatic rings. The summed E-state index contributed by atoms with van der Waals surface area (Å²) in [6, 6.07) is 3.63. The summed E-state index contributed by atoms with van der Waals surface area (Å²) in [4.78, 5) is 13.5. The molecule has 0 aliphatic rings. The van der Waals surface area contributed by atoms with Crippen LogP contribution in [0.4, 0.5) is 5.69 Å². The first-order chi connectivity index (χ1) is 8.22. The highest BCUT2D eigenvalue weighted by Crippen LogP contribution is 2.08. The molecule has 5 nitrogen and oxygen atoms in total. The largest absolute Gasteiger partial charge is 0.355 e. The second kappa shape index (κ2) is 6.95. The predicted molar refractivity (Wildman–Crippen MR) is 66.9 cm³/mol. The molecular weight excluding hydrogens is 218 g/mol. The number of rotatable bonds is 5. The molecule has 1 heterocycles. The minimum absolute atomic E-state index is 0.504. The van der Waals surface area contributed by atoms with Gasteiger partial charge in [-0.3, -0.25) is 15.1 Å². The molecule has 1 N–H and O–H groups in total. The number of nitrogens with zero attached hydrogens (tertiary/aromatic N) is 2. The summed E-state index contributed by atoms with van der Waals surface area (Å²) in [7, 11) is 0. The molecule has 1 aromatic heterocycles. The minimum Gasteiger partial charge on any atom is -0.355 e. The van der Waals surface area contributed by atoms with Crippen LogP contribution in [0.5, 0.6) is 0 Å². The maximum atomic E-state index is 10.1. The Balaban J connectivity index is 2.76. The van der Waals surface area contributed by atoms with Gasteiger partial charge in [-0.1, -0.05) is 6.08 Å². The molecule has 17 heavy (non-hydrogen) atoms. The third-order valence-corrected chi connectivity index (χ3v) is 1.80. The van der Waals surface area contributed by atoms with Crippen molar-refractivity contribution < 1.29 is 4.92 Å². The molecule has 1 rings (SSSR count). The first-order valence-corrected chi connectivity index (χ1v) is 5.04. The van der Waals surface area contributed by atoms with Crippen molar-refractivity contribution >= 4 is 5.69 Å². The van der Waals surface area contributed by atoms with E-state index in [9.17, 15) is 10.1 Å². The zero-order valence-corrected chi connectivity index (χ0v) is 9.41. The Hall–Kier alpha value is -2.43. The van der Waals surface area contributed by atoms with E-state index >= 15 is 0 Å². The van der Waals surface area contributed by atoms with E-state index in [-0.39, 0.29) is 0 Å². The lowest BCUT2D eigenvalue weighted by Gasteiger charge is -2.05. The lowest BCUT2D eigenvalue weighted by molar-refractivity contribution is -0.402.